The van der Waals surface area contributed by atoms with E-state index in [1.54, 1.807) is 0 Å². The van der Waals surface area contributed by atoms with Crippen molar-refractivity contribution < 1.29 is 0 Å². The van der Waals surface area contributed by atoms with Gasteiger partial charge in [-0.3, -0.25) is 0 Å². The monoisotopic (exact) mass is 271 g/mol. The van der Waals surface area contributed by atoms with Crippen LogP contribution in [0.25, 0.3) is 0 Å². The lowest BCUT2D eigenvalue weighted by Gasteiger charge is -2.19. The van der Waals surface area contributed by atoms with Crippen molar-refractivity contribution in [2.75, 3.05) is 13.1 Å². The number of benzene rings is 1. The van der Waals surface area contributed by atoms with E-state index in [2.05, 4.69) is 66.1 Å². The van der Waals surface area contributed by atoms with Crippen molar-refractivity contribution in [1.82, 2.24) is 14.9 Å². The van der Waals surface area contributed by atoms with Gasteiger partial charge in [-0.15, -0.1) is 0 Å². The number of hydrogen-bond donors (Lipinski definition) is 1. The van der Waals surface area contributed by atoms with Gasteiger partial charge in [-0.2, -0.15) is 0 Å². The first-order chi connectivity index (χ1) is 9.66. The highest BCUT2D eigenvalue weighted by molar-refractivity contribution is 5.21. The van der Waals surface area contributed by atoms with Crippen molar-refractivity contribution in [3.8, 4) is 0 Å². The molecule has 1 atom stereocenters. The van der Waals surface area contributed by atoms with Crippen LogP contribution >= 0.6 is 0 Å². The molecule has 1 unspecified atom stereocenters. The predicted octanol–water partition coefficient (Wildman–Crippen LogP) is 2.99. The molecule has 2 aromatic rings. The average Bonchev–Trinajstić information content (AvgIpc) is 2.84. The van der Waals surface area contributed by atoms with Gasteiger partial charge in [0, 0.05) is 38.3 Å². The van der Waals surface area contributed by atoms with Crippen molar-refractivity contribution in [1.29, 1.82) is 0 Å². The van der Waals surface area contributed by atoms with E-state index in [1.165, 1.54) is 5.56 Å². The number of nitrogens with zero attached hydrogens (tertiary/aromatic N) is 2. The van der Waals surface area contributed by atoms with Gasteiger partial charge in [0.25, 0.3) is 0 Å². The molecule has 3 nitrogen and oxygen atoms in total. The van der Waals surface area contributed by atoms with Crippen LogP contribution in [0.4, 0.5) is 0 Å². The summed E-state index contributed by atoms with van der Waals surface area (Å²) in [4.78, 5) is 4.46. The smallest absolute Gasteiger partial charge is 0.109 e. The highest BCUT2D eigenvalue weighted by Crippen LogP contribution is 2.19. The van der Waals surface area contributed by atoms with Gasteiger partial charge in [-0.1, -0.05) is 44.2 Å². The summed E-state index contributed by atoms with van der Waals surface area (Å²) in [6.07, 6.45) is 4.86. The highest BCUT2D eigenvalue weighted by atomic mass is 15.0. The lowest BCUT2D eigenvalue weighted by molar-refractivity contribution is 0.507. The standard InChI is InChI=1S/C17H25N3/c1-14(2)12-18-13-16(15-7-5-4-6-8-15)11-17-19-9-10-20(17)3/h4-10,14,16,18H,11-13H2,1-3H3. The van der Waals surface area contributed by atoms with E-state index in [0.717, 1.165) is 25.3 Å². The Kier molecular flexibility index (Phi) is 5.36. The average molecular weight is 271 g/mol. The molecule has 1 aromatic carbocycles. The molecule has 0 fully saturated rings. The molecular formula is C17H25N3. The fraction of sp³-hybridized carbons (Fsp3) is 0.471. The van der Waals surface area contributed by atoms with Crippen LogP contribution in [-0.4, -0.2) is 22.6 Å². The van der Waals surface area contributed by atoms with Crippen LogP contribution in [0.1, 0.15) is 31.2 Å². The Morgan fingerprint density at radius 1 is 1.15 bits per heavy atom. The molecule has 0 amide bonds. The van der Waals surface area contributed by atoms with Crippen molar-refractivity contribution in [3.63, 3.8) is 0 Å². The van der Waals surface area contributed by atoms with Gasteiger partial charge in [-0.05, 0) is 18.0 Å². The van der Waals surface area contributed by atoms with Crippen molar-refractivity contribution >= 4 is 0 Å². The number of hydrogen-bond acceptors (Lipinski definition) is 2. The molecular weight excluding hydrogens is 246 g/mol. The molecule has 0 saturated heterocycles. The van der Waals surface area contributed by atoms with Gasteiger partial charge in [0.05, 0.1) is 0 Å². The molecule has 1 heterocycles. The summed E-state index contributed by atoms with van der Waals surface area (Å²) >= 11 is 0. The zero-order valence-corrected chi connectivity index (χ0v) is 12.7. The maximum atomic E-state index is 4.46. The first kappa shape index (κ1) is 14.8. The topological polar surface area (TPSA) is 29.9 Å². The van der Waals surface area contributed by atoms with E-state index in [0.29, 0.717) is 11.8 Å². The van der Waals surface area contributed by atoms with Crippen LogP contribution in [0.2, 0.25) is 0 Å². The summed E-state index contributed by atoms with van der Waals surface area (Å²) in [6.45, 7) is 6.53. The Morgan fingerprint density at radius 3 is 2.50 bits per heavy atom. The minimum Gasteiger partial charge on any atom is -0.338 e. The number of imidazole rings is 1. The molecule has 2 rings (SSSR count). The minimum absolute atomic E-state index is 0.469. The van der Waals surface area contributed by atoms with E-state index in [9.17, 15) is 0 Å². The predicted molar refractivity (Wildman–Crippen MR) is 83.8 cm³/mol. The van der Waals surface area contributed by atoms with Crippen LogP contribution in [0.3, 0.4) is 0 Å². The molecule has 0 saturated carbocycles. The second-order valence-electron chi connectivity index (χ2n) is 5.82. The van der Waals surface area contributed by atoms with Gasteiger partial charge < -0.3 is 9.88 Å². The molecule has 0 aliphatic heterocycles. The highest BCUT2D eigenvalue weighted by Gasteiger charge is 2.14. The lowest BCUT2D eigenvalue weighted by atomic mass is 9.95. The van der Waals surface area contributed by atoms with Crippen molar-refractivity contribution in [2.24, 2.45) is 13.0 Å². The Bertz CT molecular complexity index is 502. The maximum absolute atomic E-state index is 4.46. The zero-order chi connectivity index (χ0) is 14.4. The molecule has 20 heavy (non-hydrogen) atoms. The van der Waals surface area contributed by atoms with Crippen LogP contribution in [0.5, 0.6) is 0 Å². The second-order valence-corrected chi connectivity index (χ2v) is 5.82. The summed E-state index contributed by atoms with van der Waals surface area (Å²) in [5, 5.41) is 3.58. The summed E-state index contributed by atoms with van der Waals surface area (Å²) < 4.78 is 2.11. The van der Waals surface area contributed by atoms with Gasteiger partial charge in [-0.25, -0.2) is 4.98 Å². The van der Waals surface area contributed by atoms with Crippen LogP contribution < -0.4 is 5.32 Å². The van der Waals surface area contributed by atoms with Gasteiger partial charge in [0.15, 0.2) is 0 Å². The largest absolute Gasteiger partial charge is 0.338 e. The molecule has 0 spiro atoms. The molecule has 0 aliphatic rings. The molecule has 108 valence electrons. The lowest BCUT2D eigenvalue weighted by Crippen LogP contribution is -2.27. The first-order valence-electron chi connectivity index (χ1n) is 7.38. The zero-order valence-electron chi connectivity index (χ0n) is 12.7. The number of nitrogens with one attached hydrogen (secondary N) is 1. The SMILES string of the molecule is CC(C)CNCC(Cc1nccn1C)c1ccccc1. The molecule has 1 N–H and O–H groups in total. The fourth-order valence-corrected chi connectivity index (χ4v) is 2.39. The Morgan fingerprint density at radius 2 is 1.90 bits per heavy atom. The van der Waals surface area contributed by atoms with Gasteiger partial charge in [0.1, 0.15) is 5.82 Å². The van der Waals surface area contributed by atoms with E-state index >= 15 is 0 Å². The van der Waals surface area contributed by atoms with Gasteiger partial charge in [0.2, 0.25) is 0 Å². The van der Waals surface area contributed by atoms with Crippen LogP contribution in [-0.2, 0) is 13.5 Å². The Hall–Kier alpha value is -1.61. The Labute approximate surface area is 122 Å². The van der Waals surface area contributed by atoms with E-state index in [4.69, 9.17) is 0 Å². The van der Waals surface area contributed by atoms with Gasteiger partial charge >= 0.3 is 0 Å². The van der Waals surface area contributed by atoms with E-state index in [1.807, 2.05) is 12.4 Å². The third-order valence-corrected chi connectivity index (χ3v) is 3.56. The molecule has 1 aromatic heterocycles. The summed E-state index contributed by atoms with van der Waals surface area (Å²) in [5.41, 5.74) is 1.38. The molecule has 3 heteroatoms. The molecule has 0 aliphatic carbocycles. The number of aryl methyl sites for hydroxylation is 1. The minimum atomic E-state index is 0.469. The third-order valence-electron chi connectivity index (χ3n) is 3.56. The van der Waals surface area contributed by atoms with E-state index in [-0.39, 0.29) is 0 Å². The summed E-state index contributed by atoms with van der Waals surface area (Å²) in [5.74, 6) is 2.29. The normalized spacial score (nSPS) is 12.8. The van der Waals surface area contributed by atoms with E-state index < -0.39 is 0 Å². The number of rotatable bonds is 7. The summed E-state index contributed by atoms with van der Waals surface area (Å²) in [6, 6.07) is 10.7. The second kappa shape index (κ2) is 7.25. The Balaban J connectivity index is 2.06. The van der Waals surface area contributed by atoms with Crippen LogP contribution in [0.15, 0.2) is 42.7 Å². The van der Waals surface area contributed by atoms with Crippen molar-refractivity contribution in [2.45, 2.75) is 26.2 Å². The quantitative estimate of drug-likeness (QED) is 0.839. The molecule has 0 bridgehead atoms. The van der Waals surface area contributed by atoms with Crippen LogP contribution in [0, 0.1) is 5.92 Å². The van der Waals surface area contributed by atoms with Crippen molar-refractivity contribution in [3.05, 3.63) is 54.1 Å². The molecule has 0 radical (unpaired) electrons. The fourth-order valence-electron chi connectivity index (χ4n) is 2.39. The summed E-state index contributed by atoms with van der Waals surface area (Å²) in [7, 11) is 2.06. The number of aromatic nitrogens is 2. The third kappa shape index (κ3) is 4.20. The maximum Gasteiger partial charge on any atom is 0.109 e. The first-order valence-corrected chi connectivity index (χ1v) is 7.38.